The van der Waals surface area contributed by atoms with E-state index in [1.807, 2.05) is 48.5 Å². The van der Waals surface area contributed by atoms with Gasteiger partial charge in [-0.2, -0.15) is 0 Å². The molecule has 0 bridgehead atoms. The van der Waals surface area contributed by atoms with E-state index in [4.69, 9.17) is 33.1 Å². The van der Waals surface area contributed by atoms with Crippen molar-refractivity contribution in [3.63, 3.8) is 0 Å². The van der Waals surface area contributed by atoms with Crippen molar-refractivity contribution < 1.29 is 38.6 Å². The molecule has 124 valence electrons. The molecule has 2 nitrogen and oxygen atoms in total. The molecule has 0 saturated carbocycles. The van der Waals surface area contributed by atoms with Gasteiger partial charge in [-0.1, -0.05) is 52.0 Å². The van der Waals surface area contributed by atoms with Gasteiger partial charge < -0.3 is 21.3 Å². The SMILES string of the molecule is CC(C)c1ccc(OP(=S)([S-])Oc2ccc(C(C)C)cc2)cc1.[Na+]. The van der Waals surface area contributed by atoms with Crippen LogP contribution in [0.2, 0.25) is 0 Å². The number of hydrogen-bond acceptors (Lipinski definition) is 4. The summed E-state index contributed by atoms with van der Waals surface area (Å²) in [5.41, 5.74) is -0.297. The van der Waals surface area contributed by atoms with Crippen molar-refractivity contribution in [2.24, 2.45) is 0 Å². The Labute approximate surface area is 178 Å². The first kappa shape index (κ1) is 22.1. The van der Waals surface area contributed by atoms with E-state index < -0.39 is 5.69 Å². The Bertz CT molecular complexity index is 628. The zero-order chi connectivity index (χ0) is 17.0. The second-order valence-corrected chi connectivity index (χ2v) is 10.9. The average Bonchev–Trinajstić information content (AvgIpc) is 2.47. The first-order valence-corrected chi connectivity index (χ1v) is 11.3. The minimum Gasteiger partial charge on any atom is -0.665 e. The van der Waals surface area contributed by atoms with Crippen LogP contribution in [-0.2, 0) is 24.1 Å². The van der Waals surface area contributed by atoms with Crippen LogP contribution in [0.15, 0.2) is 48.5 Å². The zero-order valence-corrected chi connectivity index (χ0v) is 19.4. The van der Waals surface area contributed by atoms with Crippen LogP contribution in [0, 0.1) is 0 Å². The fourth-order valence-corrected chi connectivity index (χ4v) is 3.93. The fourth-order valence-electron chi connectivity index (χ4n) is 2.10. The minimum absolute atomic E-state index is 0. The molecule has 0 spiro atoms. The standard InChI is InChI=1S/C18H23O2PS2.Na/c1-13(2)15-5-9-17(10-6-15)19-21(22,23)20-18-11-7-16(8-12-18)14(3)4;/h5-14H,1-4H3,(H,22,23);/q;+1/p-1. The van der Waals surface area contributed by atoms with Crippen molar-refractivity contribution in [3.8, 4) is 11.5 Å². The van der Waals surface area contributed by atoms with Gasteiger partial charge in [0.05, 0.1) is 0 Å². The summed E-state index contributed by atoms with van der Waals surface area (Å²) < 4.78 is 11.5. The molecule has 0 aliphatic carbocycles. The van der Waals surface area contributed by atoms with Gasteiger partial charge in [-0.15, -0.1) is 0 Å². The maximum atomic E-state index is 5.74. The van der Waals surface area contributed by atoms with Crippen molar-refractivity contribution >= 4 is 29.7 Å². The molecular formula is C18H22NaO2PS2. The van der Waals surface area contributed by atoms with E-state index in [2.05, 4.69) is 27.7 Å². The van der Waals surface area contributed by atoms with Crippen molar-refractivity contribution in [2.45, 2.75) is 39.5 Å². The van der Waals surface area contributed by atoms with Crippen LogP contribution in [0.1, 0.15) is 50.7 Å². The molecule has 2 rings (SSSR count). The van der Waals surface area contributed by atoms with Crippen LogP contribution < -0.4 is 38.6 Å². The monoisotopic (exact) mass is 388 g/mol. The van der Waals surface area contributed by atoms with Crippen molar-refractivity contribution in [3.05, 3.63) is 59.7 Å². The predicted octanol–water partition coefficient (Wildman–Crippen LogP) is 3.17. The van der Waals surface area contributed by atoms with E-state index in [1.165, 1.54) is 11.1 Å². The van der Waals surface area contributed by atoms with Crippen LogP contribution in [0.3, 0.4) is 0 Å². The molecule has 0 unspecified atom stereocenters. The van der Waals surface area contributed by atoms with Gasteiger partial charge in [0, 0.05) is 0 Å². The normalized spacial score (nSPS) is 11.3. The molecule has 0 radical (unpaired) electrons. The summed E-state index contributed by atoms with van der Waals surface area (Å²) in [7, 11) is 0. The Balaban J connectivity index is 0.00000288. The van der Waals surface area contributed by atoms with Gasteiger partial charge in [-0.05, 0) is 59.0 Å². The van der Waals surface area contributed by atoms with Gasteiger partial charge in [-0.25, -0.2) is 0 Å². The Morgan fingerprint density at radius 3 is 1.29 bits per heavy atom. The van der Waals surface area contributed by atoms with E-state index in [1.54, 1.807) is 0 Å². The summed E-state index contributed by atoms with van der Waals surface area (Å²) in [6.07, 6.45) is 0. The third-order valence-corrected chi connectivity index (χ3v) is 5.29. The van der Waals surface area contributed by atoms with E-state index in [-0.39, 0.29) is 29.6 Å². The third-order valence-electron chi connectivity index (χ3n) is 3.53. The Morgan fingerprint density at radius 1 is 0.750 bits per heavy atom. The van der Waals surface area contributed by atoms with E-state index >= 15 is 0 Å². The Kier molecular flexibility index (Phi) is 8.89. The molecule has 0 aromatic heterocycles. The molecular weight excluding hydrogens is 366 g/mol. The van der Waals surface area contributed by atoms with Crippen LogP contribution in [0.4, 0.5) is 0 Å². The molecule has 2 aromatic rings. The Morgan fingerprint density at radius 2 is 1.04 bits per heavy atom. The van der Waals surface area contributed by atoms with Crippen LogP contribution in [0.25, 0.3) is 0 Å². The maximum absolute atomic E-state index is 5.74. The molecule has 2 aromatic carbocycles. The van der Waals surface area contributed by atoms with Crippen molar-refractivity contribution in [2.75, 3.05) is 0 Å². The molecule has 0 fully saturated rings. The molecule has 0 aliphatic rings. The second kappa shape index (κ2) is 9.66. The molecule has 0 saturated heterocycles. The zero-order valence-electron chi connectivity index (χ0n) is 14.9. The predicted molar refractivity (Wildman–Crippen MR) is 104 cm³/mol. The van der Waals surface area contributed by atoms with Gasteiger partial charge in [0.15, 0.2) is 5.69 Å². The number of rotatable bonds is 6. The minimum atomic E-state index is -2.80. The summed E-state index contributed by atoms with van der Waals surface area (Å²) in [6, 6.07) is 15.7. The summed E-state index contributed by atoms with van der Waals surface area (Å²) >= 11 is 10.7. The van der Waals surface area contributed by atoms with Crippen molar-refractivity contribution in [1.29, 1.82) is 0 Å². The number of benzene rings is 2. The molecule has 0 N–H and O–H groups in total. The van der Waals surface area contributed by atoms with E-state index in [9.17, 15) is 0 Å². The summed E-state index contributed by atoms with van der Waals surface area (Å²) in [6.45, 7) is 8.60. The van der Waals surface area contributed by atoms with E-state index in [0.717, 1.165) is 0 Å². The second-order valence-electron chi connectivity index (χ2n) is 6.08. The van der Waals surface area contributed by atoms with Gasteiger partial charge in [0.25, 0.3) is 0 Å². The number of hydrogen-bond donors (Lipinski definition) is 0. The largest absolute Gasteiger partial charge is 1.00 e. The summed E-state index contributed by atoms with van der Waals surface area (Å²) in [5, 5.41) is 0. The van der Waals surface area contributed by atoms with Crippen LogP contribution >= 0.6 is 5.69 Å². The molecule has 24 heavy (non-hydrogen) atoms. The molecule has 0 heterocycles. The van der Waals surface area contributed by atoms with E-state index in [0.29, 0.717) is 23.3 Å². The first-order chi connectivity index (χ1) is 10.8. The topological polar surface area (TPSA) is 18.5 Å². The van der Waals surface area contributed by atoms with Crippen LogP contribution in [-0.4, -0.2) is 0 Å². The van der Waals surface area contributed by atoms with Gasteiger partial charge in [0.1, 0.15) is 11.5 Å². The van der Waals surface area contributed by atoms with Crippen LogP contribution in [0.5, 0.6) is 11.5 Å². The fraction of sp³-hybridized carbons (Fsp3) is 0.333. The van der Waals surface area contributed by atoms with Gasteiger partial charge in [0.2, 0.25) is 0 Å². The average molecular weight is 388 g/mol. The quantitative estimate of drug-likeness (QED) is 0.430. The van der Waals surface area contributed by atoms with Crippen molar-refractivity contribution in [1.82, 2.24) is 0 Å². The maximum Gasteiger partial charge on any atom is 1.00 e. The molecule has 0 aliphatic heterocycles. The van der Waals surface area contributed by atoms with Gasteiger partial charge >= 0.3 is 29.6 Å². The molecule has 6 heteroatoms. The van der Waals surface area contributed by atoms with Gasteiger partial charge in [-0.3, -0.25) is 0 Å². The molecule has 0 amide bonds. The summed E-state index contributed by atoms with van der Waals surface area (Å²) in [4.78, 5) is 0. The summed E-state index contributed by atoms with van der Waals surface area (Å²) in [5.74, 6) is 2.27. The Hall–Kier alpha value is 0.0400. The smallest absolute Gasteiger partial charge is 0.665 e. The third kappa shape index (κ3) is 6.74. The first-order valence-electron chi connectivity index (χ1n) is 7.67. The molecule has 0 atom stereocenters.